The van der Waals surface area contributed by atoms with E-state index in [9.17, 15) is 8.78 Å². The minimum atomic E-state index is -0.470. The van der Waals surface area contributed by atoms with Gasteiger partial charge in [-0.05, 0) is 36.1 Å². The molecule has 1 atom stereocenters. The Labute approximate surface area is 136 Å². The Morgan fingerprint density at radius 3 is 2.35 bits per heavy atom. The number of nitrogens with zero attached hydrogens (tertiary/aromatic N) is 1. The Morgan fingerprint density at radius 2 is 1.70 bits per heavy atom. The lowest BCUT2D eigenvalue weighted by atomic mass is 9.91. The van der Waals surface area contributed by atoms with Gasteiger partial charge in [0, 0.05) is 24.7 Å². The van der Waals surface area contributed by atoms with Crippen LogP contribution in [-0.4, -0.2) is 17.5 Å². The normalized spacial score (nSPS) is 18.7. The second-order valence-corrected chi connectivity index (χ2v) is 6.01. The maximum atomic E-state index is 14.0. The van der Waals surface area contributed by atoms with E-state index in [1.807, 2.05) is 24.3 Å². The summed E-state index contributed by atoms with van der Waals surface area (Å²) in [6.45, 7) is 3.71. The Kier molecular flexibility index (Phi) is 4.87. The smallest absolute Gasteiger partial charge is 0.133 e. The zero-order valence-electron chi connectivity index (χ0n) is 13.3. The molecular weight excluding hydrogens is 292 g/mol. The van der Waals surface area contributed by atoms with Crippen molar-refractivity contribution in [2.24, 2.45) is 0 Å². The SMILES string of the molecule is CCC1CC(c2c(F)cccc2F)=CCN1Cc1ccccc1. The first-order chi connectivity index (χ1) is 11.2. The Balaban J connectivity index is 1.82. The number of hydrogen-bond donors (Lipinski definition) is 0. The first kappa shape index (κ1) is 15.9. The van der Waals surface area contributed by atoms with Gasteiger partial charge < -0.3 is 0 Å². The van der Waals surface area contributed by atoms with Gasteiger partial charge in [-0.2, -0.15) is 0 Å². The third-order valence-electron chi connectivity index (χ3n) is 4.53. The fourth-order valence-corrected chi connectivity index (χ4v) is 3.27. The molecule has 3 rings (SSSR count). The fraction of sp³-hybridized carbons (Fsp3) is 0.300. The van der Waals surface area contributed by atoms with Gasteiger partial charge in [-0.1, -0.05) is 49.4 Å². The maximum absolute atomic E-state index is 14.0. The lowest BCUT2D eigenvalue weighted by Crippen LogP contribution is -2.37. The van der Waals surface area contributed by atoms with Gasteiger partial charge in [0.25, 0.3) is 0 Å². The third-order valence-corrected chi connectivity index (χ3v) is 4.53. The molecule has 0 fully saturated rings. The minimum absolute atomic E-state index is 0.144. The predicted molar refractivity (Wildman–Crippen MR) is 89.9 cm³/mol. The summed E-state index contributed by atoms with van der Waals surface area (Å²) in [5.74, 6) is -0.940. The zero-order valence-corrected chi connectivity index (χ0v) is 13.3. The Hall–Kier alpha value is -2.00. The molecule has 1 aliphatic heterocycles. The first-order valence-electron chi connectivity index (χ1n) is 8.10. The summed E-state index contributed by atoms with van der Waals surface area (Å²) in [6, 6.07) is 14.7. The summed E-state index contributed by atoms with van der Waals surface area (Å²) >= 11 is 0. The molecule has 120 valence electrons. The van der Waals surface area contributed by atoms with Crippen LogP contribution in [0.1, 0.15) is 30.9 Å². The van der Waals surface area contributed by atoms with Crippen LogP contribution in [0.5, 0.6) is 0 Å². The molecule has 0 saturated heterocycles. The van der Waals surface area contributed by atoms with E-state index in [0.717, 1.165) is 25.1 Å². The zero-order chi connectivity index (χ0) is 16.2. The van der Waals surface area contributed by atoms with Crippen molar-refractivity contribution in [1.29, 1.82) is 0 Å². The van der Waals surface area contributed by atoms with Crippen LogP contribution in [0.15, 0.2) is 54.6 Å². The molecule has 0 N–H and O–H groups in total. The van der Waals surface area contributed by atoms with Crippen molar-refractivity contribution in [3.8, 4) is 0 Å². The van der Waals surface area contributed by atoms with Crippen molar-refractivity contribution in [1.82, 2.24) is 4.90 Å². The van der Waals surface area contributed by atoms with Crippen molar-refractivity contribution < 1.29 is 8.78 Å². The molecule has 0 radical (unpaired) electrons. The molecule has 2 aromatic carbocycles. The van der Waals surface area contributed by atoms with Gasteiger partial charge in [0.05, 0.1) is 0 Å². The minimum Gasteiger partial charge on any atom is -0.292 e. The summed E-state index contributed by atoms with van der Waals surface area (Å²) < 4.78 is 28.0. The average molecular weight is 313 g/mol. The van der Waals surface area contributed by atoms with Crippen LogP contribution in [0.2, 0.25) is 0 Å². The molecule has 2 aromatic rings. The third kappa shape index (κ3) is 3.50. The van der Waals surface area contributed by atoms with E-state index in [0.29, 0.717) is 12.5 Å². The van der Waals surface area contributed by atoms with Crippen molar-refractivity contribution in [2.75, 3.05) is 6.54 Å². The summed E-state index contributed by atoms with van der Waals surface area (Å²) in [5.41, 5.74) is 2.20. The molecule has 0 aromatic heterocycles. The van der Waals surface area contributed by atoms with Crippen LogP contribution >= 0.6 is 0 Å². The standard InChI is InChI=1S/C20H21F2N/c1-2-17-13-16(20-18(21)9-6-10-19(20)22)11-12-23(17)14-15-7-4-3-5-8-15/h3-11,17H,2,12-14H2,1H3. The highest BCUT2D eigenvalue weighted by Gasteiger charge is 2.25. The number of rotatable bonds is 4. The molecule has 1 heterocycles. The van der Waals surface area contributed by atoms with Gasteiger partial charge >= 0.3 is 0 Å². The van der Waals surface area contributed by atoms with E-state index < -0.39 is 11.6 Å². The van der Waals surface area contributed by atoms with E-state index in [1.165, 1.54) is 23.8 Å². The van der Waals surface area contributed by atoms with Gasteiger partial charge in [-0.25, -0.2) is 8.78 Å². The number of benzene rings is 2. The van der Waals surface area contributed by atoms with Crippen LogP contribution < -0.4 is 0 Å². The summed E-state index contributed by atoms with van der Waals surface area (Å²) in [6.07, 6.45) is 3.61. The second kappa shape index (κ2) is 7.05. The van der Waals surface area contributed by atoms with E-state index in [4.69, 9.17) is 0 Å². The number of hydrogen-bond acceptors (Lipinski definition) is 1. The van der Waals surface area contributed by atoms with Crippen LogP contribution in [0.3, 0.4) is 0 Å². The summed E-state index contributed by atoms with van der Waals surface area (Å²) in [4.78, 5) is 2.37. The van der Waals surface area contributed by atoms with E-state index in [1.54, 1.807) is 0 Å². The van der Waals surface area contributed by atoms with E-state index in [2.05, 4.69) is 24.0 Å². The highest BCUT2D eigenvalue weighted by atomic mass is 19.1. The summed E-state index contributed by atoms with van der Waals surface area (Å²) in [5, 5.41) is 0. The second-order valence-electron chi connectivity index (χ2n) is 6.01. The molecule has 0 bridgehead atoms. The molecule has 1 nitrogen and oxygen atoms in total. The molecule has 1 aliphatic rings. The largest absolute Gasteiger partial charge is 0.292 e. The van der Waals surface area contributed by atoms with Gasteiger partial charge in [0.2, 0.25) is 0 Å². The monoisotopic (exact) mass is 313 g/mol. The fourth-order valence-electron chi connectivity index (χ4n) is 3.27. The van der Waals surface area contributed by atoms with Gasteiger partial charge in [-0.15, -0.1) is 0 Å². The highest BCUT2D eigenvalue weighted by Crippen LogP contribution is 2.31. The van der Waals surface area contributed by atoms with Crippen LogP contribution in [0, 0.1) is 11.6 Å². The first-order valence-corrected chi connectivity index (χ1v) is 8.10. The molecule has 3 heteroatoms. The molecule has 0 amide bonds. The Morgan fingerprint density at radius 1 is 1.00 bits per heavy atom. The maximum Gasteiger partial charge on any atom is 0.133 e. The van der Waals surface area contributed by atoms with Crippen molar-refractivity contribution in [2.45, 2.75) is 32.4 Å². The van der Waals surface area contributed by atoms with E-state index in [-0.39, 0.29) is 5.56 Å². The molecule has 0 saturated carbocycles. The van der Waals surface area contributed by atoms with Crippen molar-refractivity contribution in [3.63, 3.8) is 0 Å². The van der Waals surface area contributed by atoms with E-state index >= 15 is 0 Å². The Bertz CT molecular complexity index is 674. The lowest BCUT2D eigenvalue weighted by molar-refractivity contribution is 0.197. The van der Waals surface area contributed by atoms with Gasteiger partial charge in [0.1, 0.15) is 11.6 Å². The van der Waals surface area contributed by atoms with Crippen LogP contribution in [0.4, 0.5) is 8.78 Å². The van der Waals surface area contributed by atoms with Crippen LogP contribution in [-0.2, 0) is 6.54 Å². The number of halogens is 2. The predicted octanol–water partition coefficient (Wildman–Crippen LogP) is 5.03. The highest BCUT2D eigenvalue weighted by molar-refractivity contribution is 5.68. The molecule has 0 spiro atoms. The molecule has 0 aliphatic carbocycles. The quantitative estimate of drug-likeness (QED) is 0.765. The average Bonchev–Trinajstić information content (AvgIpc) is 2.57. The van der Waals surface area contributed by atoms with Crippen molar-refractivity contribution >= 4 is 5.57 Å². The van der Waals surface area contributed by atoms with Crippen molar-refractivity contribution in [3.05, 3.63) is 77.4 Å². The molecule has 1 unspecified atom stereocenters. The topological polar surface area (TPSA) is 3.24 Å². The van der Waals surface area contributed by atoms with Gasteiger partial charge in [0.15, 0.2) is 0 Å². The lowest BCUT2D eigenvalue weighted by Gasteiger charge is -2.35. The summed E-state index contributed by atoms with van der Waals surface area (Å²) in [7, 11) is 0. The van der Waals surface area contributed by atoms with Gasteiger partial charge in [-0.3, -0.25) is 4.90 Å². The van der Waals surface area contributed by atoms with Crippen LogP contribution in [0.25, 0.3) is 5.57 Å². The molecular formula is C20H21F2N. The molecule has 23 heavy (non-hydrogen) atoms.